The smallest absolute Gasteiger partial charge is 0.142 e. The van der Waals surface area contributed by atoms with Crippen molar-refractivity contribution < 1.29 is 9.23 Å². The third-order valence-corrected chi connectivity index (χ3v) is 1.69. The van der Waals surface area contributed by atoms with Crippen LogP contribution in [-0.4, -0.2) is 0 Å². The van der Waals surface area contributed by atoms with E-state index in [-0.39, 0.29) is 11.6 Å². The van der Waals surface area contributed by atoms with Crippen LogP contribution in [0.25, 0.3) is 0 Å². The van der Waals surface area contributed by atoms with Crippen LogP contribution in [0.2, 0.25) is 5.02 Å². The monoisotopic (exact) mass is 175 g/mol. The van der Waals surface area contributed by atoms with Crippen LogP contribution in [0.15, 0.2) is 18.2 Å². The molecule has 1 aromatic rings. The van der Waals surface area contributed by atoms with E-state index in [2.05, 4.69) is 4.84 Å². The third kappa shape index (κ3) is 1.89. The minimum absolute atomic E-state index is 0.0675. The Balaban J connectivity index is 2.96. The van der Waals surface area contributed by atoms with Crippen LogP contribution < -0.4 is 5.90 Å². The molecule has 0 bridgehead atoms. The van der Waals surface area contributed by atoms with Crippen LogP contribution in [0, 0.1) is 5.82 Å². The van der Waals surface area contributed by atoms with Crippen molar-refractivity contribution in [1.82, 2.24) is 0 Å². The lowest BCUT2D eigenvalue weighted by Crippen LogP contribution is -1.99. The summed E-state index contributed by atoms with van der Waals surface area (Å²) in [5.74, 6) is 4.34. The quantitative estimate of drug-likeness (QED) is 0.697. The molecule has 1 aromatic carbocycles. The van der Waals surface area contributed by atoms with E-state index in [4.69, 9.17) is 17.5 Å². The van der Waals surface area contributed by atoms with E-state index in [1.807, 2.05) is 0 Å². The average molecular weight is 176 g/mol. The topological polar surface area (TPSA) is 35.2 Å². The van der Waals surface area contributed by atoms with E-state index < -0.39 is 5.82 Å². The van der Waals surface area contributed by atoms with Crippen molar-refractivity contribution in [2.24, 2.45) is 5.90 Å². The molecule has 0 unspecified atom stereocenters. The van der Waals surface area contributed by atoms with Crippen molar-refractivity contribution >= 4 is 11.6 Å². The van der Waals surface area contributed by atoms with Gasteiger partial charge in [-0.3, -0.25) is 4.84 Å². The normalized spacial score (nSPS) is 10.1. The summed E-state index contributed by atoms with van der Waals surface area (Å²) >= 11 is 5.56. The first kappa shape index (κ1) is 8.46. The maximum absolute atomic E-state index is 12.7. The molecule has 4 heteroatoms. The first-order valence-electron chi connectivity index (χ1n) is 3.00. The van der Waals surface area contributed by atoms with Gasteiger partial charge in [0.1, 0.15) is 5.82 Å². The van der Waals surface area contributed by atoms with Crippen LogP contribution >= 0.6 is 11.6 Å². The van der Waals surface area contributed by atoms with Crippen LogP contribution in [-0.2, 0) is 11.4 Å². The van der Waals surface area contributed by atoms with Gasteiger partial charge in [-0.25, -0.2) is 10.3 Å². The molecule has 0 amide bonds. The molecule has 60 valence electrons. The lowest BCUT2D eigenvalue weighted by molar-refractivity contribution is 0.124. The van der Waals surface area contributed by atoms with E-state index >= 15 is 0 Å². The van der Waals surface area contributed by atoms with Gasteiger partial charge < -0.3 is 0 Å². The molecule has 2 N–H and O–H groups in total. The number of nitrogens with two attached hydrogens (primary N) is 1. The van der Waals surface area contributed by atoms with E-state index in [9.17, 15) is 4.39 Å². The molecular weight excluding hydrogens is 169 g/mol. The van der Waals surface area contributed by atoms with Crippen LogP contribution in [0.4, 0.5) is 4.39 Å². The van der Waals surface area contributed by atoms with Gasteiger partial charge in [-0.1, -0.05) is 23.7 Å². The Morgan fingerprint density at radius 1 is 1.55 bits per heavy atom. The summed E-state index contributed by atoms with van der Waals surface area (Å²) in [4.78, 5) is 4.31. The zero-order chi connectivity index (χ0) is 8.27. The third-order valence-electron chi connectivity index (χ3n) is 1.27. The maximum atomic E-state index is 12.7. The van der Waals surface area contributed by atoms with Gasteiger partial charge >= 0.3 is 0 Å². The van der Waals surface area contributed by atoms with Crippen LogP contribution in [0.1, 0.15) is 5.56 Å². The van der Waals surface area contributed by atoms with E-state index in [1.54, 1.807) is 12.1 Å². The molecule has 0 radical (unpaired) electrons. The average Bonchev–Trinajstić information content (AvgIpc) is 1.99. The zero-order valence-electron chi connectivity index (χ0n) is 5.68. The minimum Gasteiger partial charge on any atom is -0.300 e. The van der Waals surface area contributed by atoms with Crippen LogP contribution in [0.3, 0.4) is 0 Å². The fourth-order valence-corrected chi connectivity index (χ4v) is 0.930. The molecule has 0 saturated carbocycles. The summed E-state index contributed by atoms with van der Waals surface area (Å²) < 4.78 is 12.7. The van der Waals surface area contributed by atoms with Gasteiger partial charge in [-0.2, -0.15) is 0 Å². The highest BCUT2D eigenvalue weighted by molar-refractivity contribution is 6.31. The molecule has 0 fully saturated rings. The summed E-state index contributed by atoms with van der Waals surface area (Å²) in [6, 6.07) is 4.48. The van der Waals surface area contributed by atoms with Gasteiger partial charge in [0.25, 0.3) is 0 Å². The number of rotatable bonds is 2. The maximum Gasteiger partial charge on any atom is 0.142 e. The van der Waals surface area contributed by atoms with Gasteiger partial charge in [0, 0.05) is 5.56 Å². The van der Waals surface area contributed by atoms with Crippen molar-refractivity contribution in [2.45, 2.75) is 6.61 Å². The molecular formula is C7H7ClFNO. The van der Waals surface area contributed by atoms with Gasteiger partial charge in [-0.05, 0) is 6.07 Å². The Morgan fingerprint density at radius 2 is 2.27 bits per heavy atom. The highest BCUT2D eigenvalue weighted by Gasteiger charge is 2.03. The predicted molar refractivity (Wildman–Crippen MR) is 40.4 cm³/mol. The SMILES string of the molecule is NOCc1cccc(F)c1Cl. The van der Waals surface area contributed by atoms with E-state index in [0.29, 0.717) is 5.56 Å². The second-order valence-corrected chi connectivity index (χ2v) is 2.40. The fourth-order valence-electron chi connectivity index (χ4n) is 0.750. The highest BCUT2D eigenvalue weighted by Crippen LogP contribution is 2.19. The molecule has 0 aliphatic rings. The summed E-state index contributed by atoms with van der Waals surface area (Å²) in [5, 5.41) is 0.0675. The first-order valence-corrected chi connectivity index (χ1v) is 3.38. The van der Waals surface area contributed by atoms with Gasteiger partial charge in [0.05, 0.1) is 11.6 Å². The molecule has 0 spiro atoms. The summed E-state index contributed by atoms with van der Waals surface area (Å²) in [6.07, 6.45) is 0. The highest BCUT2D eigenvalue weighted by atomic mass is 35.5. The summed E-state index contributed by atoms with van der Waals surface area (Å²) in [7, 11) is 0. The summed E-state index contributed by atoms with van der Waals surface area (Å²) in [6.45, 7) is 0.122. The molecule has 2 nitrogen and oxygen atoms in total. The first-order chi connectivity index (χ1) is 5.25. The van der Waals surface area contributed by atoms with Crippen molar-refractivity contribution in [3.05, 3.63) is 34.6 Å². The Kier molecular flexibility index (Phi) is 2.82. The molecule has 0 saturated heterocycles. The Morgan fingerprint density at radius 3 is 2.91 bits per heavy atom. The number of hydrogen-bond acceptors (Lipinski definition) is 2. The molecule has 0 atom stereocenters. The lowest BCUT2D eigenvalue weighted by Gasteiger charge is -2.01. The molecule has 0 aliphatic heterocycles. The molecule has 0 aromatic heterocycles. The largest absolute Gasteiger partial charge is 0.300 e. The van der Waals surface area contributed by atoms with Crippen molar-refractivity contribution in [1.29, 1.82) is 0 Å². The van der Waals surface area contributed by atoms with Gasteiger partial charge in [-0.15, -0.1) is 0 Å². The van der Waals surface area contributed by atoms with Gasteiger partial charge in [0.15, 0.2) is 0 Å². The predicted octanol–water partition coefficient (Wildman–Crippen LogP) is 1.87. The van der Waals surface area contributed by atoms with Crippen LogP contribution in [0.5, 0.6) is 0 Å². The Labute approximate surface area is 68.7 Å². The zero-order valence-corrected chi connectivity index (χ0v) is 6.44. The van der Waals surface area contributed by atoms with Gasteiger partial charge in [0.2, 0.25) is 0 Å². The van der Waals surface area contributed by atoms with E-state index in [0.717, 1.165) is 0 Å². The van der Waals surface area contributed by atoms with E-state index in [1.165, 1.54) is 6.07 Å². The lowest BCUT2D eigenvalue weighted by atomic mass is 10.2. The second-order valence-electron chi connectivity index (χ2n) is 2.02. The Bertz CT molecular complexity index is 254. The number of hydrogen-bond donors (Lipinski definition) is 1. The fraction of sp³-hybridized carbons (Fsp3) is 0.143. The molecule has 0 aliphatic carbocycles. The van der Waals surface area contributed by atoms with Crippen molar-refractivity contribution in [2.75, 3.05) is 0 Å². The second kappa shape index (κ2) is 3.67. The van der Waals surface area contributed by atoms with Crippen molar-refractivity contribution in [3.8, 4) is 0 Å². The molecule has 0 heterocycles. The number of benzene rings is 1. The molecule has 11 heavy (non-hydrogen) atoms. The molecule has 1 rings (SSSR count). The van der Waals surface area contributed by atoms with Crippen molar-refractivity contribution in [3.63, 3.8) is 0 Å². The summed E-state index contributed by atoms with van der Waals surface area (Å²) in [5.41, 5.74) is 0.550. The minimum atomic E-state index is -0.457. The Hall–Kier alpha value is -0.640. The number of halogens is 2. The standard InChI is InChI=1S/C7H7ClFNO/c8-7-5(4-11-10)2-1-3-6(7)9/h1-3H,4,10H2.